The number of aromatic nitrogens is 2. The summed E-state index contributed by atoms with van der Waals surface area (Å²) in [6, 6.07) is 4.16. The van der Waals surface area contributed by atoms with Gasteiger partial charge in [-0.3, -0.25) is 4.79 Å². The second-order valence-corrected chi connectivity index (χ2v) is 8.31. The first kappa shape index (κ1) is 17.2. The van der Waals surface area contributed by atoms with Gasteiger partial charge in [-0.05, 0) is 54.2 Å². The van der Waals surface area contributed by atoms with Crippen LogP contribution in [0.2, 0.25) is 0 Å². The molecule has 0 unspecified atom stereocenters. The first-order chi connectivity index (χ1) is 12.3. The number of carbonyl (C=O) groups excluding carboxylic acids is 1. The molecular weight excluding hydrogens is 336 g/mol. The number of hydrogen-bond acceptors (Lipinski definition) is 2. The second-order valence-electron chi connectivity index (χ2n) is 8.31. The number of aromatic amines is 1. The van der Waals surface area contributed by atoms with Gasteiger partial charge >= 0.3 is 0 Å². The minimum absolute atomic E-state index is 0.162. The Bertz CT molecular complexity index is 860. The molecule has 3 aliphatic rings. The molecule has 0 aliphatic heterocycles. The van der Waals surface area contributed by atoms with Crippen molar-refractivity contribution in [2.24, 2.45) is 23.2 Å². The van der Waals surface area contributed by atoms with Crippen molar-refractivity contribution in [3.8, 4) is 11.1 Å². The zero-order valence-corrected chi connectivity index (χ0v) is 15.1. The molecule has 138 valence electrons. The van der Waals surface area contributed by atoms with E-state index in [4.69, 9.17) is 0 Å². The third-order valence-electron chi connectivity index (χ3n) is 6.72. The van der Waals surface area contributed by atoms with Gasteiger partial charge in [0.15, 0.2) is 0 Å². The Balaban J connectivity index is 1.48. The van der Waals surface area contributed by atoms with E-state index in [9.17, 15) is 13.6 Å². The molecule has 0 aromatic carbocycles. The number of nitrogens with one attached hydrogen (secondary N) is 2. The summed E-state index contributed by atoms with van der Waals surface area (Å²) in [6.07, 6.45) is 3.79. The van der Waals surface area contributed by atoms with Crippen molar-refractivity contribution in [2.75, 3.05) is 0 Å². The highest BCUT2D eigenvalue weighted by molar-refractivity contribution is 5.94. The summed E-state index contributed by atoms with van der Waals surface area (Å²) in [5, 5.41) is 3.13. The van der Waals surface area contributed by atoms with Crippen LogP contribution in [0, 0.1) is 35.1 Å². The van der Waals surface area contributed by atoms with Gasteiger partial charge in [0.2, 0.25) is 11.9 Å². The van der Waals surface area contributed by atoms with Gasteiger partial charge in [-0.15, -0.1) is 0 Å². The quantitative estimate of drug-likeness (QED) is 0.809. The number of nitrogens with zero attached hydrogens (tertiary/aromatic N) is 1. The molecular formula is C20H23F2N3O. The first-order valence-corrected chi connectivity index (χ1v) is 9.09. The average Bonchev–Trinajstić information content (AvgIpc) is 3.06. The summed E-state index contributed by atoms with van der Waals surface area (Å²) in [4.78, 5) is 18.7. The number of hydrogen-bond donors (Lipinski definition) is 2. The second kappa shape index (κ2) is 5.89. The molecule has 3 fully saturated rings. The van der Waals surface area contributed by atoms with Crippen molar-refractivity contribution < 1.29 is 13.6 Å². The molecule has 4 atom stereocenters. The van der Waals surface area contributed by atoms with Gasteiger partial charge in [-0.25, -0.2) is 0 Å². The fraction of sp³-hybridized carbons (Fsp3) is 0.500. The molecule has 1 amide bonds. The van der Waals surface area contributed by atoms with Crippen LogP contribution < -0.4 is 5.32 Å². The van der Waals surface area contributed by atoms with Gasteiger partial charge < -0.3 is 10.3 Å². The van der Waals surface area contributed by atoms with E-state index in [1.165, 1.54) is 18.7 Å². The molecule has 0 radical (unpaired) electrons. The topological polar surface area (TPSA) is 57.8 Å². The Morgan fingerprint density at radius 1 is 1.31 bits per heavy atom. The number of fused-ring (bicyclic) bond motifs is 2. The van der Waals surface area contributed by atoms with E-state index in [0.29, 0.717) is 34.4 Å². The van der Waals surface area contributed by atoms with E-state index < -0.39 is 11.9 Å². The molecule has 2 heterocycles. The smallest absolute Gasteiger partial charge is 0.267 e. The van der Waals surface area contributed by atoms with E-state index in [-0.39, 0.29) is 17.5 Å². The summed E-state index contributed by atoms with van der Waals surface area (Å²) in [5.74, 6) is -0.209. The summed E-state index contributed by atoms with van der Waals surface area (Å²) in [7, 11) is 0. The number of amides is 1. The summed E-state index contributed by atoms with van der Waals surface area (Å²) in [5.41, 5.74) is 1.37. The minimum atomic E-state index is -0.890. The Morgan fingerprint density at radius 3 is 2.73 bits per heavy atom. The van der Waals surface area contributed by atoms with E-state index in [2.05, 4.69) is 36.1 Å². The molecule has 2 bridgehead atoms. The normalized spacial score (nSPS) is 29.1. The van der Waals surface area contributed by atoms with Gasteiger partial charge in [0.1, 0.15) is 5.69 Å². The van der Waals surface area contributed by atoms with E-state index in [1.54, 1.807) is 6.07 Å². The van der Waals surface area contributed by atoms with Crippen LogP contribution in [-0.4, -0.2) is 21.9 Å². The number of halogens is 2. The van der Waals surface area contributed by atoms with Gasteiger partial charge in [0, 0.05) is 23.4 Å². The summed E-state index contributed by atoms with van der Waals surface area (Å²) < 4.78 is 26.8. The molecule has 0 spiro atoms. The Labute approximate surface area is 151 Å². The molecule has 2 aromatic heterocycles. The summed E-state index contributed by atoms with van der Waals surface area (Å²) >= 11 is 0. The maximum absolute atomic E-state index is 13.8. The van der Waals surface area contributed by atoms with Crippen LogP contribution in [0.15, 0.2) is 24.4 Å². The third-order valence-corrected chi connectivity index (χ3v) is 6.72. The monoisotopic (exact) mass is 359 g/mol. The van der Waals surface area contributed by atoms with Crippen molar-refractivity contribution in [1.82, 2.24) is 15.3 Å². The van der Waals surface area contributed by atoms with Gasteiger partial charge in [0.25, 0.3) is 5.91 Å². The zero-order valence-electron chi connectivity index (χ0n) is 15.1. The number of pyridine rings is 1. The Morgan fingerprint density at radius 2 is 2.08 bits per heavy atom. The molecule has 0 saturated heterocycles. The number of rotatable bonds is 3. The maximum Gasteiger partial charge on any atom is 0.267 e. The van der Waals surface area contributed by atoms with E-state index in [1.807, 2.05) is 0 Å². The standard InChI is InChI=1S/C20H23F2N3O/c1-10-14-7-12(20(14,2)3)8-15(10)24-19(26)16-6-11(9-23-16)13-4-5-17(21)25-18(13)22/h4-6,9-10,12,14-15,23H,7-8H2,1-3H3,(H,24,26)/t10-,12+,14-,15-/m0/s1. The molecule has 26 heavy (non-hydrogen) atoms. The van der Waals surface area contributed by atoms with Crippen LogP contribution in [0.3, 0.4) is 0 Å². The lowest BCUT2D eigenvalue weighted by atomic mass is 9.45. The lowest BCUT2D eigenvalue weighted by molar-refractivity contribution is -0.113. The van der Waals surface area contributed by atoms with Gasteiger partial charge in [-0.1, -0.05) is 20.8 Å². The number of H-pyrrole nitrogens is 1. The van der Waals surface area contributed by atoms with Crippen molar-refractivity contribution in [3.63, 3.8) is 0 Å². The Hall–Kier alpha value is -2.24. The first-order valence-electron chi connectivity index (χ1n) is 9.09. The van der Waals surface area contributed by atoms with Crippen LogP contribution in [0.25, 0.3) is 11.1 Å². The highest BCUT2D eigenvalue weighted by Crippen LogP contribution is 2.61. The largest absolute Gasteiger partial charge is 0.357 e. The van der Waals surface area contributed by atoms with Crippen molar-refractivity contribution in [2.45, 2.75) is 39.7 Å². The molecule has 2 N–H and O–H groups in total. The molecule has 3 aliphatic carbocycles. The lowest BCUT2D eigenvalue weighted by Crippen LogP contribution is -2.60. The average molecular weight is 359 g/mol. The van der Waals surface area contributed by atoms with Crippen molar-refractivity contribution >= 4 is 5.91 Å². The molecule has 4 nitrogen and oxygen atoms in total. The third kappa shape index (κ3) is 2.63. The molecule has 2 aromatic rings. The Kier molecular flexibility index (Phi) is 3.90. The van der Waals surface area contributed by atoms with Gasteiger partial charge in [-0.2, -0.15) is 13.8 Å². The van der Waals surface area contributed by atoms with Crippen LogP contribution in [0.1, 0.15) is 44.1 Å². The zero-order chi connectivity index (χ0) is 18.6. The van der Waals surface area contributed by atoms with Crippen LogP contribution in [0.5, 0.6) is 0 Å². The van der Waals surface area contributed by atoms with E-state index in [0.717, 1.165) is 12.5 Å². The maximum atomic E-state index is 13.8. The fourth-order valence-corrected chi connectivity index (χ4v) is 4.89. The van der Waals surface area contributed by atoms with E-state index >= 15 is 0 Å². The number of carbonyl (C=O) groups is 1. The van der Waals surface area contributed by atoms with Crippen molar-refractivity contribution in [3.05, 3.63) is 42.0 Å². The summed E-state index contributed by atoms with van der Waals surface area (Å²) in [6.45, 7) is 6.86. The minimum Gasteiger partial charge on any atom is -0.357 e. The SMILES string of the molecule is C[C@@H]1[C@@H](NC(=O)c2cc(-c3ccc(F)nc3F)c[nH]2)C[C@H]2C[C@@H]1C2(C)C. The lowest BCUT2D eigenvalue weighted by Gasteiger charge is -2.62. The van der Waals surface area contributed by atoms with Crippen LogP contribution in [-0.2, 0) is 0 Å². The predicted octanol–water partition coefficient (Wildman–Crippen LogP) is 4.16. The molecule has 3 saturated carbocycles. The molecule has 5 rings (SSSR count). The van der Waals surface area contributed by atoms with Gasteiger partial charge in [0.05, 0.1) is 0 Å². The van der Waals surface area contributed by atoms with Crippen LogP contribution >= 0.6 is 0 Å². The predicted molar refractivity (Wildman–Crippen MR) is 94.4 cm³/mol. The highest BCUT2D eigenvalue weighted by atomic mass is 19.1. The fourth-order valence-electron chi connectivity index (χ4n) is 4.89. The highest BCUT2D eigenvalue weighted by Gasteiger charge is 2.56. The van der Waals surface area contributed by atoms with Crippen LogP contribution in [0.4, 0.5) is 8.78 Å². The van der Waals surface area contributed by atoms with Crippen molar-refractivity contribution in [1.29, 1.82) is 0 Å². The molecule has 6 heteroatoms.